The van der Waals surface area contributed by atoms with E-state index in [0.29, 0.717) is 25.4 Å². The van der Waals surface area contributed by atoms with Gasteiger partial charge in [0.1, 0.15) is 0 Å². The molecular formula is C8H18ClNO2S. The smallest absolute Gasteiger partial charge is 0.212 e. The molecule has 0 aromatic carbocycles. The molecule has 0 atom stereocenters. The summed E-state index contributed by atoms with van der Waals surface area (Å²) in [5, 5.41) is 0. The summed E-state index contributed by atoms with van der Waals surface area (Å²) in [4.78, 5) is 0. The fraction of sp³-hybridized carbons (Fsp3) is 1.00. The average molecular weight is 228 g/mol. The zero-order chi connectivity index (χ0) is 10.3. The van der Waals surface area contributed by atoms with Crippen LogP contribution in [0.4, 0.5) is 0 Å². The van der Waals surface area contributed by atoms with Gasteiger partial charge in [0.15, 0.2) is 0 Å². The number of hydrogen-bond acceptors (Lipinski definition) is 2. The monoisotopic (exact) mass is 227 g/mol. The first-order valence-electron chi connectivity index (χ1n) is 4.62. The molecule has 5 heteroatoms. The summed E-state index contributed by atoms with van der Waals surface area (Å²) < 4.78 is 24.6. The summed E-state index contributed by atoms with van der Waals surface area (Å²) in [5.74, 6) is 0.590. The molecule has 0 unspecified atom stereocenters. The van der Waals surface area contributed by atoms with Crippen LogP contribution in [0.25, 0.3) is 0 Å². The van der Waals surface area contributed by atoms with Crippen LogP contribution in [0.1, 0.15) is 26.7 Å². The van der Waals surface area contributed by atoms with Crippen LogP contribution in [-0.4, -0.2) is 37.4 Å². The molecule has 0 heterocycles. The second kappa shape index (κ2) is 6.62. The minimum absolute atomic E-state index is 0.226. The lowest BCUT2D eigenvalue weighted by Crippen LogP contribution is -2.35. The molecule has 0 rings (SSSR count). The fourth-order valence-corrected chi connectivity index (χ4v) is 3.03. The topological polar surface area (TPSA) is 37.4 Å². The van der Waals surface area contributed by atoms with E-state index in [1.54, 1.807) is 0 Å². The van der Waals surface area contributed by atoms with E-state index in [2.05, 4.69) is 0 Å². The third-order valence-electron chi connectivity index (χ3n) is 1.66. The van der Waals surface area contributed by atoms with Gasteiger partial charge in [-0.15, -0.1) is 11.6 Å². The Labute approximate surface area is 86.1 Å². The number of hydrogen-bond donors (Lipinski definition) is 0. The Morgan fingerprint density at radius 2 is 1.77 bits per heavy atom. The van der Waals surface area contributed by atoms with E-state index in [1.165, 1.54) is 4.31 Å². The standard InChI is InChI=1S/C8H18ClNO2S/c1-3-6-10(7-5-9)13(11,12)8-4-2/h3-8H2,1-2H3. The van der Waals surface area contributed by atoms with Gasteiger partial charge in [-0.2, -0.15) is 0 Å². The van der Waals surface area contributed by atoms with Crippen molar-refractivity contribution in [3.63, 3.8) is 0 Å². The Morgan fingerprint density at radius 3 is 2.15 bits per heavy atom. The van der Waals surface area contributed by atoms with Crippen molar-refractivity contribution in [1.82, 2.24) is 4.31 Å². The molecule has 80 valence electrons. The highest BCUT2D eigenvalue weighted by Gasteiger charge is 2.18. The van der Waals surface area contributed by atoms with Crippen LogP contribution in [-0.2, 0) is 10.0 Å². The molecule has 0 radical (unpaired) electrons. The van der Waals surface area contributed by atoms with Crippen molar-refractivity contribution >= 4 is 21.6 Å². The fourth-order valence-electron chi connectivity index (χ4n) is 1.12. The summed E-state index contributed by atoms with van der Waals surface area (Å²) in [6.07, 6.45) is 1.49. The third-order valence-corrected chi connectivity index (χ3v) is 3.91. The molecule has 0 spiro atoms. The molecule has 0 saturated carbocycles. The Hall–Kier alpha value is 0.200. The summed E-state index contributed by atoms with van der Waals surface area (Å²) >= 11 is 5.53. The lowest BCUT2D eigenvalue weighted by atomic mass is 10.5. The summed E-state index contributed by atoms with van der Waals surface area (Å²) in [6, 6.07) is 0. The summed E-state index contributed by atoms with van der Waals surface area (Å²) in [6.45, 7) is 4.83. The van der Waals surface area contributed by atoms with E-state index < -0.39 is 10.0 Å². The van der Waals surface area contributed by atoms with Crippen molar-refractivity contribution < 1.29 is 8.42 Å². The van der Waals surface area contributed by atoms with Gasteiger partial charge < -0.3 is 0 Å². The lowest BCUT2D eigenvalue weighted by molar-refractivity contribution is 0.428. The van der Waals surface area contributed by atoms with Gasteiger partial charge in [-0.1, -0.05) is 13.8 Å². The number of halogens is 1. The summed E-state index contributed by atoms with van der Waals surface area (Å²) in [7, 11) is -3.05. The maximum atomic E-state index is 11.6. The van der Waals surface area contributed by atoms with Crippen LogP contribution in [0.15, 0.2) is 0 Å². The molecular weight excluding hydrogens is 210 g/mol. The highest BCUT2D eigenvalue weighted by molar-refractivity contribution is 7.89. The second-order valence-electron chi connectivity index (χ2n) is 2.90. The van der Waals surface area contributed by atoms with Crippen molar-refractivity contribution in [2.24, 2.45) is 0 Å². The van der Waals surface area contributed by atoms with Gasteiger partial charge in [0.05, 0.1) is 5.75 Å². The van der Waals surface area contributed by atoms with Crippen molar-refractivity contribution in [3.05, 3.63) is 0 Å². The molecule has 0 N–H and O–H groups in total. The molecule has 0 amide bonds. The van der Waals surface area contributed by atoms with E-state index in [-0.39, 0.29) is 5.75 Å². The van der Waals surface area contributed by atoms with Crippen LogP contribution >= 0.6 is 11.6 Å². The largest absolute Gasteiger partial charge is 0.214 e. The maximum absolute atomic E-state index is 11.6. The minimum atomic E-state index is -3.05. The zero-order valence-electron chi connectivity index (χ0n) is 8.29. The van der Waals surface area contributed by atoms with E-state index in [4.69, 9.17) is 11.6 Å². The van der Waals surface area contributed by atoms with Crippen LogP contribution in [0, 0.1) is 0 Å². The zero-order valence-corrected chi connectivity index (χ0v) is 9.86. The van der Waals surface area contributed by atoms with Gasteiger partial charge in [-0.25, -0.2) is 12.7 Å². The van der Waals surface area contributed by atoms with Crippen molar-refractivity contribution in [2.45, 2.75) is 26.7 Å². The van der Waals surface area contributed by atoms with Crippen LogP contribution in [0.5, 0.6) is 0 Å². The molecule has 0 fully saturated rings. The molecule has 0 aliphatic heterocycles. The number of nitrogens with zero attached hydrogens (tertiary/aromatic N) is 1. The number of alkyl halides is 1. The van der Waals surface area contributed by atoms with E-state index in [1.807, 2.05) is 13.8 Å². The van der Waals surface area contributed by atoms with Crippen LogP contribution < -0.4 is 0 Å². The predicted octanol–water partition coefficient (Wildman–Crippen LogP) is 1.68. The molecule has 0 aliphatic carbocycles. The van der Waals surface area contributed by atoms with E-state index in [0.717, 1.165) is 6.42 Å². The number of sulfonamides is 1. The van der Waals surface area contributed by atoms with Crippen molar-refractivity contribution in [3.8, 4) is 0 Å². The summed E-state index contributed by atoms with van der Waals surface area (Å²) in [5.41, 5.74) is 0. The van der Waals surface area contributed by atoms with Crippen LogP contribution in [0.3, 0.4) is 0 Å². The highest BCUT2D eigenvalue weighted by Crippen LogP contribution is 2.04. The Bertz CT molecular complexity index is 210. The minimum Gasteiger partial charge on any atom is -0.212 e. The van der Waals surface area contributed by atoms with Gasteiger partial charge in [-0.3, -0.25) is 0 Å². The first kappa shape index (κ1) is 13.2. The highest BCUT2D eigenvalue weighted by atomic mass is 35.5. The molecule has 0 bridgehead atoms. The SMILES string of the molecule is CCCN(CCCl)S(=O)(=O)CCC. The average Bonchev–Trinajstić information content (AvgIpc) is 2.04. The second-order valence-corrected chi connectivity index (χ2v) is 5.37. The van der Waals surface area contributed by atoms with E-state index >= 15 is 0 Å². The Kier molecular flexibility index (Phi) is 6.73. The van der Waals surface area contributed by atoms with E-state index in [9.17, 15) is 8.42 Å². The first-order valence-corrected chi connectivity index (χ1v) is 6.76. The number of rotatable bonds is 7. The first-order chi connectivity index (χ1) is 6.08. The van der Waals surface area contributed by atoms with Gasteiger partial charge in [0.25, 0.3) is 0 Å². The van der Waals surface area contributed by atoms with Gasteiger partial charge in [0.2, 0.25) is 10.0 Å². The molecule has 0 saturated heterocycles. The lowest BCUT2D eigenvalue weighted by Gasteiger charge is -2.19. The molecule has 3 nitrogen and oxygen atoms in total. The van der Waals surface area contributed by atoms with Crippen molar-refractivity contribution in [2.75, 3.05) is 24.7 Å². The third kappa shape index (κ3) is 4.84. The molecule has 0 aromatic rings. The predicted molar refractivity (Wildman–Crippen MR) is 56.7 cm³/mol. The van der Waals surface area contributed by atoms with Crippen LogP contribution in [0.2, 0.25) is 0 Å². The maximum Gasteiger partial charge on any atom is 0.214 e. The quantitative estimate of drug-likeness (QED) is 0.621. The Balaban J connectivity index is 4.33. The Morgan fingerprint density at radius 1 is 1.15 bits per heavy atom. The van der Waals surface area contributed by atoms with Crippen molar-refractivity contribution in [1.29, 1.82) is 0 Å². The van der Waals surface area contributed by atoms with Gasteiger partial charge in [-0.05, 0) is 12.8 Å². The molecule has 0 aromatic heterocycles. The normalized spacial score (nSPS) is 12.3. The molecule has 0 aliphatic rings. The van der Waals surface area contributed by atoms with Gasteiger partial charge in [0, 0.05) is 19.0 Å². The van der Waals surface area contributed by atoms with Gasteiger partial charge >= 0.3 is 0 Å². The molecule has 13 heavy (non-hydrogen) atoms.